The lowest BCUT2D eigenvalue weighted by Gasteiger charge is -2.24. The van der Waals surface area contributed by atoms with Crippen LogP contribution in [0.5, 0.6) is 17.2 Å². The Balaban J connectivity index is 1.79. The highest BCUT2D eigenvalue weighted by atomic mass is 16.7. The Bertz CT molecular complexity index is 432. The Labute approximate surface area is 126 Å². The number of aliphatic hydroxyl groups is 1. The molecule has 2 rings (SSSR count). The fraction of sp³-hybridized carbons (Fsp3) is 0.625. The summed E-state index contributed by atoms with van der Waals surface area (Å²) in [5, 5.41) is 10.1. The molecule has 0 unspecified atom stereocenters. The van der Waals surface area contributed by atoms with E-state index in [0.29, 0.717) is 18.0 Å². The molecule has 5 nitrogen and oxygen atoms in total. The van der Waals surface area contributed by atoms with Crippen molar-refractivity contribution in [2.75, 3.05) is 33.0 Å². The van der Waals surface area contributed by atoms with Gasteiger partial charge in [-0.2, -0.15) is 0 Å². The molecule has 1 aliphatic rings. The largest absolute Gasteiger partial charge is 0.491 e. The Morgan fingerprint density at radius 1 is 1.19 bits per heavy atom. The molecule has 0 spiro atoms. The first-order valence-corrected chi connectivity index (χ1v) is 7.65. The monoisotopic (exact) mass is 295 g/mol. The highest BCUT2D eigenvalue weighted by molar-refractivity contribution is 5.46. The van der Waals surface area contributed by atoms with E-state index in [0.717, 1.165) is 31.7 Å². The Hall–Kier alpha value is -1.46. The number of hydrogen-bond acceptors (Lipinski definition) is 5. The van der Waals surface area contributed by atoms with Crippen LogP contribution in [-0.2, 0) is 0 Å². The third-order valence-corrected chi connectivity index (χ3v) is 3.34. The van der Waals surface area contributed by atoms with Crippen molar-refractivity contribution in [3.8, 4) is 17.2 Å². The first-order chi connectivity index (χ1) is 10.2. The maximum atomic E-state index is 10.1. The number of ether oxygens (including phenoxy) is 3. The van der Waals surface area contributed by atoms with Gasteiger partial charge in [-0.15, -0.1) is 0 Å². The average Bonchev–Trinajstić information content (AvgIpc) is 2.93. The summed E-state index contributed by atoms with van der Waals surface area (Å²) in [5.41, 5.74) is 0. The summed E-state index contributed by atoms with van der Waals surface area (Å²) in [6.45, 7) is 7.50. The summed E-state index contributed by atoms with van der Waals surface area (Å²) in [4.78, 5) is 2.27. The van der Waals surface area contributed by atoms with Crippen molar-refractivity contribution in [3.05, 3.63) is 18.2 Å². The lowest BCUT2D eigenvalue weighted by molar-refractivity contribution is 0.0681. The Kier molecular flexibility index (Phi) is 6.14. The molecule has 0 bridgehead atoms. The molecule has 5 heteroatoms. The van der Waals surface area contributed by atoms with E-state index in [-0.39, 0.29) is 13.4 Å². The predicted molar refractivity (Wildman–Crippen MR) is 81.1 cm³/mol. The van der Waals surface area contributed by atoms with Gasteiger partial charge in [0.25, 0.3) is 0 Å². The fourth-order valence-corrected chi connectivity index (χ4v) is 2.44. The lowest BCUT2D eigenvalue weighted by Crippen LogP contribution is -2.36. The van der Waals surface area contributed by atoms with E-state index >= 15 is 0 Å². The molecule has 0 aliphatic carbocycles. The summed E-state index contributed by atoms with van der Waals surface area (Å²) in [6.07, 6.45) is 1.69. The van der Waals surface area contributed by atoms with Gasteiger partial charge in [0, 0.05) is 12.6 Å². The van der Waals surface area contributed by atoms with E-state index in [1.807, 2.05) is 12.1 Å². The molecule has 118 valence electrons. The minimum atomic E-state index is -0.492. The van der Waals surface area contributed by atoms with Crippen molar-refractivity contribution < 1.29 is 19.3 Å². The zero-order valence-electron chi connectivity index (χ0n) is 12.9. The molecule has 0 saturated carbocycles. The first-order valence-electron chi connectivity index (χ1n) is 7.65. The van der Waals surface area contributed by atoms with E-state index in [1.54, 1.807) is 6.07 Å². The second-order valence-corrected chi connectivity index (χ2v) is 5.28. The van der Waals surface area contributed by atoms with Crippen LogP contribution in [-0.4, -0.2) is 49.1 Å². The van der Waals surface area contributed by atoms with E-state index in [1.165, 1.54) is 0 Å². The predicted octanol–water partition coefficient (Wildman–Crippen LogP) is 2.28. The molecule has 0 fully saturated rings. The molecule has 21 heavy (non-hydrogen) atoms. The van der Waals surface area contributed by atoms with Gasteiger partial charge < -0.3 is 24.2 Å². The zero-order valence-corrected chi connectivity index (χ0v) is 12.9. The summed E-state index contributed by atoms with van der Waals surface area (Å²) >= 11 is 0. The molecule has 0 amide bonds. The summed E-state index contributed by atoms with van der Waals surface area (Å²) < 4.78 is 16.2. The number of nitrogens with zero attached hydrogens (tertiary/aromatic N) is 1. The third-order valence-electron chi connectivity index (χ3n) is 3.34. The molecule has 1 aromatic carbocycles. The van der Waals surface area contributed by atoms with Crippen LogP contribution in [0.3, 0.4) is 0 Å². The van der Waals surface area contributed by atoms with Crippen molar-refractivity contribution in [3.63, 3.8) is 0 Å². The molecule has 1 aromatic rings. The summed E-state index contributed by atoms with van der Waals surface area (Å²) in [5.74, 6) is 2.12. The van der Waals surface area contributed by atoms with Crippen LogP contribution in [0.25, 0.3) is 0 Å². The van der Waals surface area contributed by atoms with Crippen LogP contribution in [0.2, 0.25) is 0 Å². The maximum absolute atomic E-state index is 10.1. The summed E-state index contributed by atoms with van der Waals surface area (Å²) in [6, 6.07) is 5.45. The summed E-state index contributed by atoms with van der Waals surface area (Å²) in [7, 11) is 0. The van der Waals surface area contributed by atoms with E-state index in [2.05, 4.69) is 18.7 Å². The second kappa shape index (κ2) is 8.10. The van der Waals surface area contributed by atoms with Crippen LogP contribution in [0, 0.1) is 0 Å². The molecule has 0 radical (unpaired) electrons. The lowest BCUT2D eigenvalue weighted by atomic mass is 10.3. The van der Waals surface area contributed by atoms with Crippen LogP contribution in [0.4, 0.5) is 0 Å². The van der Waals surface area contributed by atoms with Crippen LogP contribution in [0.15, 0.2) is 18.2 Å². The van der Waals surface area contributed by atoms with Crippen molar-refractivity contribution in [1.29, 1.82) is 0 Å². The minimum Gasteiger partial charge on any atom is -0.491 e. The maximum Gasteiger partial charge on any atom is 0.231 e. The highest BCUT2D eigenvalue weighted by Gasteiger charge is 2.15. The van der Waals surface area contributed by atoms with Gasteiger partial charge >= 0.3 is 0 Å². The Morgan fingerprint density at radius 2 is 1.90 bits per heavy atom. The van der Waals surface area contributed by atoms with Gasteiger partial charge in [-0.05, 0) is 38.1 Å². The normalized spacial score (nSPS) is 14.5. The zero-order chi connectivity index (χ0) is 15.1. The fourth-order valence-electron chi connectivity index (χ4n) is 2.44. The van der Waals surface area contributed by atoms with Crippen LogP contribution < -0.4 is 14.2 Å². The molecule has 0 aromatic heterocycles. The van der Waals surface area contributed by atoms with Crippen molar-refractivity contribution in [2.45, 2.75) is 32.8 Å². The molecule has 1 atom stereocenters. The molecule has 1 heterocycles. The smallest absolute Gasteiger partial charge is 0.231 e. The van der Waals surface area contributed by atoms with Gasteiger partial charge in [-0.25, -0.2) is 0 Å². The minimum absolute atomic E-state index is 0.254. The first kappa shape index (κ1) is 15.9. The van der Waals surface area contributed by atoms with Crippen LogP contribution in [0.1, 0.15) is 26.7 Å². The van der Waals surface area contributed by atoms with Gasteiger partial charge in [-0.1, -0.05) is 13.8 Å². The van der Waals surface area contributed by atoms with Crippen LogP contribution >= 0.6 is 0 Å². The molecule has 1 aliphatic heterocycles. The second-order valence-electron chi connectivity index (χ2n) is 5.28. The van der Waals surface area contributed by atoms with Gasteiger partial charge in [0.2, 0.25) is 6.79 Å². The number of aliphatic hydroxyl groups excluding tert-OH is 1. The molecular weight excluding hydrogens is 270 g/mol. The number of fused-ring (bicyclic) bond motifs is 1. The molecule has 1 N–H and O–H groups in total. The van der Waals surface area contributed by atoms with E-state index in [4.69, 9.17) is 14.2 Å². The Morgan fingerprint density at radius 3 is 2.62 bits per heavy atom. The topological polar surface area (TPSA) is 51.2 Å². The third kappa shape index (κ3) is 4.79. The SMILES string of the molecule is CCCN(CCC)C[C@H](O)COc1ccc2c(c1)OCO2. The van der Waals surface area contributed by atoms with Gasteiger partial charge in [-0.3, -0.25) is 0 Å². The quantitative estimate of drug-likeness (QED) is 0.757. The number of benzene rings is 1. The standard InChI is InChI=1S/C16H25NO4/c1-3-7-17(8-4-2)10-13(18)11-19-14-5-6-15-16(9-14)21-12-20-15/h5-6,9,13,18H,3-4,7-8,10-12H2,1-2H3/t13-/m0/s1. The van der Waals surface area contributed by atoms with Crippen molar-refractivity contribution in [1.82, 2.24) is 4.90 Å². The van der Waals surface area contributed by atoms with Crippen molar-refractivity contribution >= 4 is 0 Å². The van der Waals surface area contributed by atoms with Gasteiger partial charge in [0.15, 0.2) is 11.5 Å². The highest BCUT2D eigenvalue weighted by Crippen LogP contribution is 2.35. The number of hydrogen-bond donors (Lipinski definition) is 1. The van der Waals surface area contributed by atoms with Crippen molar-refractivity contribution in [2.24, 2.45) is 0 Å². The van der Waals surface area contributed by atoms with E-state index < -0.39 is 6.10 Å². The van der Waals surface area contributed by atoms with Gasteiger partial charge in [0.05, 0.1) is 0 Å². The number of rotatable bonds is 9. The van der Waals surface area contributed by atoms with Gasteiger partial charge in [0.1, 0.15) is 18.5 Å². The average molecular weight is 295 g/mol. The molecule has 0 saturated heterocycles. The molecular formula is C16H25NO4. The van der Waals surface area contributed by atoms with E-state index in [9.17, 15) is 5.11 Å².